The summed E-state index contributed by atoms with van der Waals surface area (Å²) >= 11 is 0. The second kappa shape index (κ2) is 9.05. The first-order valence-corrected chi connectivity index (χ1v) is 11.6. The van der Waals surface area contributed by atoms with Crippen LogP contribution < -0.4 is 9.47 Å². The number of aliphatic hydroxyl groups is 5. The number of benzene rings is 2. The second-order valence-corrected chi connectivity index (χ2v) is 9.27. The summed E-state index contributed by atoms with van der Waals surface area (Å²) in [4.78, 5) is 0. The zero-order valence-corrected chi connectivity index (χ0v) is 19.6. The molecule has 10 nitrogen and oxygen atoms in total. The molecular weight excluding hydrogens is 456 g/mol. The Morgan fingerprint density at radius 2 is 1.97 bits per heavy atom. The second-order valence-electron chi connectivity index (χ2n) is 9.27. The first-order chi connectivity index (χ1) is 16.7. The molecule has 2 aliphatic rings. The molecule has 0 unspecified atom stereocenters. The lowest BCUT2D eigenvalue weighted by Crippen LogP contribution is -2.69. The number of hydrogen-bond acceptors (Lipinski definition) is 9. The van der Waals surface area contributed by atoms with Gasteiger partial charge in [-0.1, -0.05) is 12.1 Å². The van der Waals surface area contributed by atoms with Gasteiger partial charge in [0.1, 0.15) is 23.7 Å². The lowest BCUT2D eigenvalue weighted by atomic mass is 9.95. The molecule has 5 N–H and O–H groups in total. The summed E-state index contributed by atoms with van der Waals surface area (Å²) in [5, 5.41) is 56.9. The molecule has 1 aromatic heterocycles. The van der Waals surface area contributed by atoms with Crippen molar-refractivity contribution < 1.29 is 39.7 Å². The van der Waals surface area contributed by atoms with Gasteiger partial charge < -0.3 is 39.7 Å². The van der Waals surface area contributed by atoms with Gasteiger partial charge in [0.2, 0.25) is 6.29 Å². The Hall–Kier alpha value is -2.73. The molecule has 1 saturated heterocycles. The molecule has 188 valence electrons. The molecule has 2 aromatic carbocycles. The van der Waals surface area contributed by atoms with E-state index in [-0.39, 0.29) is 5.75 Å². The van der Waals surface area contributed by atoms with Crippen LogP contribution in [0, 0.1) is 6.92 Å². The van der Waals surface area contributed by atoms with Crippen molar-refractivity contribution in [2.24, 2.45) is 7.05 Å². The maximum absolute atomic E-state index is 11.1. The monoisotopic (exact) mass is 486 g/mol. The molecular formula is C25H30N2O8. The summed E-state index contributed by atoms with van der Waals surface area (Å²) in [5.74, 6) is -1.56. The highest BCUT2D eigenvalue weighted by molar-refractivity contribution is 5.89. The summed E-state index contributed by atoms with van der Waals surface area (Å²) in [6, 6.07) is 9.75. The molecule has 0 bridgehead atoms. The molecule has 0 saturated carbocycles. The van der Waals surface area contributed by atoms with Crippen molar-refractivity contribution in [2.75, 3.05) is 13.2 Å². The third-order valence-corrected chi connectivity index (χ3v) is 6.78. The highest BCUT2D eigenvalue weighted by Crippen LogP contribution is 2.37. The zero-order valence-electron chi connectivity index (χ0n) is 19.6. The summed E-state index contributed by atoms with van der Waals surface area (Å²) in [5.41, 5.74) is 4.60. The number of aromatic nitrogens is 2. The van der Waals surface area contributed by atoms with Crippen LogP contribution in [0.3, 0.4) is 0 Å². The molecule has 0 radical (unpaired) electrons. The summed E-state index contributed by atoms with van der Waals surface area (Å²) in [6.45, 7) is 1.89. The van der Waals surface area contributed by atoms with Gasteiger partial charge in [0.05, 0.1) is 29.8 Å². The summed E-state index contributed by atoms with van der Waals surface area (Å²) < 4.78 is 18.2. The fourth-order valence-electron chi connectivity index (χ4n) is 4.85. The highest BCUT2D eigenvalue weighted by atomic mass is 16.7. The molecule has 0 amide bonds. The van der Waals surface area contributed by atoms with E-state index < -0.39 is 37.0 Å². The third kappa shape index (κ3) is 4.16. The Balaban J connectivity index is 1.48. The molecule has 2 aliphatic heterocycles. The van der Waals surface area contributed by atoms with E-state index in [9.17, 15) is 25.5 Å². The smallest absolute Gasteiger partial charge is 0.288 e. The molecule has 1 fully saturated rings. The largest absolute Gasteiger partial charge is 0.493 e. The maximum Gasteiger partial charge on any atom is 0.288 e. The normalized spacial score (nSPS) is 28.2. The van der Waals surface area contributed by atoms with Crippen molar-refractivity contribution in [3.63, 3.8) is 0 Å². The number of aryl methyl sites for hydroxylation is 4. The molecule has 0 aliphatic carbocycles. The Labute approximate surface area is 201 Å². The van der Waals surface area contributed by atoms with Crippen LogP contribution in [0.4, 0.5) is 0 Å². The van der Waals surface area contributed by atoms with Crippen LogP contribution >= 0.6 is 0 Å². The Kier molecular flexibility index (Phi) is 6.20. The SMILES string of the molecule is Cc1cc(O[C@]2(O)[C@H](O)O[C@H](CO)[C@@H](O)[C@@H]2O)c2c(CCc3ccc4c(c3)CCO4)nn(C)c2c1. The Bertz CT molecular complexity index is 1240. The van der Waals surface area contributed by atoms with Crippen LogP contribution in [-0.2, 0) is 31.0 Å². The van der Waals surface area contributed by atoms with E-state index in [4.69, 9.17) is 14.2 Å². The zero-order chi connectivity index (χ0) is 24.9. The first kappa shape index (κ1) is 24.0. The van der Waals surface area contributed by atoms with Crippen LogP contribution in [0.1, 0.15) is 22.4 Å². The fraction of sp³-hybridized carbons (Fsp3) is 0.480. The van der Waals surface area contributed by atoms with Crippen molar-refractivity contribution in [1.82, 2.24) is 9.78 Å². The predicted octanol–water partition coefficient (Wildman–Crippen LogP) is 0.101. The number of ether oxygens (including phenoxy) is 3. The molecule has 10 heteroatoms. The van der Waals surface area contributed by atoms with Gasteiger partial charge in [0.15, 0.2) is 6.10 Å². The minimum Gasteiger partial charge on any atom is -0.493 e. The van der Waals surface area contributed by atoms with Gasteiger partial charge in [-0.25, -0.2) is 0 Å². The lowest BCUT2D eigenvalue weighted by Gasteiger charge is -2.45. The molecule has 5 rings (SSSR count). The van der Waals surface area contributed by atoms with Crippen molar-refractivity contribution >= 4 is 10.9 Å². The lowest BCUT2D eigenvalue weighted by molar-refractivity contribution is -0.385. The van der Waals surface area contributed by atoms with Gasteiger partial charge in [-0.15, -0.1) is 0 Å². The molecule has 5 atom stereocenters. The highest BCUT2D eigenvalue weighted by Gasteiger charge is 2.57. The van der Waals surface area contributed by atoms with E-state index in [2.05, 4.69) is 11.2 Å². The standard InChI is InChI=1S/C25H30N2O8/c1-13-9-17-21(19(10-13)35-25(32)23(30)22(29)20(12-28)34-24(25)31)16(26-27(17)2)5-3-14-4-6-18-15(11-14)7-8-33-18/h4,6,9-11,20,22-24,28-32H,3,5,7-8,12H2,1-2H3/t20-,22-,23+,24-,25+/m1/s1. The minimum absolute atomic E-state index is 0.185. The van der Waals surface area contributed by atoms with Gasteiger partial charge in [-0.2, -0.15) is 5.10 Å². The molecule has 3 heterocycles. The quantitative estimate of drug-likeness (QED) is 0.306. The number of fused-ring (bicyclic) bond motifs is 2. The van der Waals surface area contributed by atoms with E-state index in [1.807, 2.05) is 25.1 Å². The Morgan fingerprint density at radius 1 is 1.17 bits per heavy atom. The van der Waals surface area contributed by atoms with Crippen LogP contribution in [0.25, 0.3) is 10.9 Å². The van der Waals surface area contributed by atoms with Gasteiger partial charge in [-0.05, 0) is 54.7 Å². The summed E-state index contributed by atoms with van der Waals surface area (Å²) in [7, 11) is 1.81. The van der Waals surface area contributed by atoms with Crippen LogP contribution in [0.2, 0.25) is 0 Å². The molecule has 3 aromatic rings. The number of hydrogen-bond donors (Lipinski definition) is 5. The average molecular weight is 487 g/mol. The summed E-state index contributed by atoms with van der Waals surface area (Å²) in [6.07, 6.45) is -4.72. The number of nitrogens with zero attached hydrogens (tertiary/aromatic N) is 2. The first-order valence-electron chi connectivity index (χ1n) is 11.6. The minimum atomic E-state index is -2.67. The van der Waals surface area contributed by atoms with Crippen LogP contribution in [0.15, 0.2) is 30.3 Å². The topological polar surface area (TPSA) is 147 Å². The average Bonchev–Trinajstić information content (AvgIpc) is 3.42. The van der Waals surface area contributed by atoms with Gasteiger partial charge in [-0.3, -0.25) is 4.68 Å². The number of rotatable bonds is 6. The van der Waals surface area contributed by atoms with E-state index >= 15 is 0 Å². The Morgan fingerprint density at radius 3 is 2.74 bits per heavy atom. The van der Waals surface area contributed by atoms with E-state index in [0.29, 0.717) is 30.5 Å². The maximum atomic E-state index is 11.1. The van der Waals surface area contributed by atoms with Crippen LogP contribution in [-0.4, -0.2) is 78.9 Å². The fourth-order valence-corrected chi connectivity index (χ4v) is 4.85. The van der Waals surface area contributed by atoms with Crippen molar-refractivity contribution in [1.29, 1.82) is 0 Å². The van der Waals surface area contributed by atoms with Gasteiger partial charge >= 0.3 is 0 Å². The number of aliphatic hydroxyl groups excluding tert-OH is 4. The molecule has 0 spiro atoms. The third-order valence-electron chi connectivity index (χ3n) is 6.78. The van der Waals surface area contributed by atoms with Crippen molar-refractivity contribution in [3.05, 3.63) is 52.7 Å². The van der Waals surface area contributed by atoms with Crippen molar-refractivity contribution in [3.8, 4) is 11.5 Å². The van der Waals surface area contributed by atoms with Crippen LogP contribution in [0.5, 0.6) is 11.5 Å². The van der Waals surface area contributed by atoms with Gasteiger partial charge in [0, 0.05) is 13.5 Å². The van der Waals surface area contributed by atoms with E-state index in [1.165, 1.54) is 5.56 Å². The predicted molar refractivity (Wildman–Crippen MR) is 124 cm³/mol. The molecule has 35 heavy (non-hydrogen) atoms. The van der Waals surface area contributed by atoms with Crippen molar-refractivity contribution in [2.45, 2.75) is 56.6 Å². The van der Waals surface area contributed by atoms with E-state index in [1.54, 1.807) is 17.8 Å². The van der Waals surface area contributed by atoms with Gasteiger partial charge in [0.25, 0.3) is 5.79 Å². The van der Waals surface area contributed by atoms with E-state index in [0.717, 1.165) is 28.8 Å².